The molecule has 0 aromatic heterocycles. The number of nitriles is 3. The van der Waals surface area contributed by atoms with Crippen LogP contribution in [0.5, 0.6) is 0 Å². The number of sulfone groups is 1. The Morgan fingerprint density at radius 3 is 2.25 bits per heavy atom. The highest BCUT2D eigenvalue weighted by atomic mass is 32.2. The first-order valence-electron chi connectivity index (χ1n) is 5.37. The van der Waals surface area contributed by atoms with Gasteiger partial charge < -0.3 is 0 Å². The third-order valence-corrected chi connectivity index (χ3v) is 3.94. The van der Waals surface area contributed by atoms with Crippen molar-refractivity contribution in [3.8, 4) is 18.2 Å². The normalized spacial score (nSPS) is 9.65. The van der Waals surface area contributed by atoms with Crippen molar-refractivity contribution in [1.29, 1.82) is 15.8 Å². The number of benzene rings is 1. The number of hydrogen-bond donors (Lipinski definition) is 1. The van der Waals surface area contributed by atoms with Gasteiger partial charge in [-0.3, -0.25) is 5.43 Å². The molecule has 0 spiro atoms. The number of nitrogens with one attached hydrogen (secondary N) is 1. The average Bonchev–Trinajstić information content (AvgIpc) is 2.47. The van der Waals surface area contributed by atoms with Crippen LogP contribution in [0.3, 0.4) is 0 Å². The molecule has 7 nitrogen and oxygen atoms in total. The first-order valence-corrected chi connectivity index (χ1v) is 7.02. The number of nitrogens with zero attached hydrogens (tertiary/aromatic N) is 4. The molecule has 0 bridgehead atoms. The fourth-order valence-corrected chi connectivity index (χ4v) is 2.38. The fraction of sp³-hybridized carbons (Fsp3) is 0.167. The van der Waals surface area contributed by atoms with E-state index in [1.807, 2.05) is 0 Å². The molecular formula is C12H9N5O2S. The second-order valence-corrected chi connectivity index (χ2v) is 5.66. The van der Waals surface area contributed by atoms with E-state index in [9.17, 15) is 8.42 Å². The molecule has 1 N–H and O–H groups in total. The maximum atomic E-state index is 11.8. The van der Waals surface area contributed by atoms with Crippen molar-refractivity contribution in [2.45, 2.75) is 11.3 Å². The highest BCUT2D eigenvalue weighted by molar-refractivity contribution is 7.91. The third-order valence-electron chi connectivity index (χ3n) is 2.20. The molecule has 0 amide bonds. The Hall–Kier alpha value is -2.89. The van der Waals surface area contributed by atoms with E-state index < -0.39 is 9.84 Å². The van der Waals surface area contributed by atoms with Crippen LogP contribution in [0.2, 0.25) is 0 Å². The summed E-state index contributed by atoms with van der Waals surface area (Å²) in [4.78, 5) is 0.100. The molecule has 0 fully saturated rings. The van der Waals surface area contributed by atoms with Crippen molar-refractivity contribution in [2.24, 2.45) is 5.10 Å². The Bertz CT molecular complexity index is 714. The molecule has 0 saturated heterocycles. The van der Waals surface area contributed by atoms with Gasteiger partial charge in [-0.15, -0.1) is 0 Å². The van der Waals surface area contributed by atoms with Gasteiger partial charge in [-0.25, -0.2) is 8.42 Å². The van der Waals surface area contributed by atoms with Crippen molar-refractivity contribution in [3.05, 3.63) is 24.3 Å². The number of hydrazone groups is 1. The summed E-state index contributed by atoms with van der Waals surface area (Å²) in [5, 5.41) is 28.9. The molecule has 0 saturated carbocycles. The molecule has 0 aliphatic carbocycles. The number of hydrogen-bond acceptors (Lipinski definition) is 7. The van der Waals surface area contributed by atoms with E-state index in [1.165, 1.54) is 24.3 Å². The summed E-state index contributed by atoms with van der Waals surface area (Å²) in [5.41, 5.74) is 2.56. The molecule has 0 aliphatic heterocycles. The van der Waals surface area contributed by atoms with Gasteiger partial charge in [-0.05, 0) is 24.3 Å². The van der Waals surface area contributed by atoms with E-state index in [4.69, 9.17) is 15.8 Å². The Kier molecular flexibility index (Phi) is 5.22. The lowest BCUT2D eigenvalue weighted by Gasteiger charge is -2.04. The van der Waals surface area contributed by atoms with Crippen LogP contribution < -0.4 is 5.43 Å². The van der Waals surface area contributed by atoms with Gasteiger partial charge in [0.1, 0.15) is 12.1 Å². The quantitative estimate of drug-likeness (QED) is 0.639. The number of anilines is 1. The van der Waals surface area contributed by atoms with Crippen LogP contribution in [0.1, 0.15) is 6.42 Å². The summed E-state index contributed by atoms with van der Waals surface area (Å²) in [6.45, 7) is 0. The van der Waals surface area contributed by atoms with Crippen molar-refractivity contribution < 1.29 is 8.42 Å². The Balaban J connectivity index is 2.86. The van der Waals surface area contributed by atoms with Gasteiger partial charge in [0.2, 0.25) is 5.71 Å². The zero-order valence-electron chi connectivity index (χ0n) is 10.2. The molecule has 100 valence electrons. The molecule has 0 heterocycles. The molecule has 0 aliphatic rings. The maximum Gasteiger partial charge on any atom is 0.237 e. The Labute approximate surface area is 116 Å². The molecular weight excluding hydrogens is 278 g/mol. The highest BCUT2D eigenvalue weighted by Gasteiger charge is 2.13. The molecule has 8 heteroatoms. The lowest BCUT2D eigenvalue weighted by atomic mass is 10.3. The van der Waals surface area contributed by atoms with Gasteiger partial charge in [0.05, 0.1) is 22.4 Å². The average molecular weight is 287 g/mol. The van der Waals surface area contributed by atoms with Crippen LogP contribution in [0.25, 0.3) is 0 Å². The second kappa shape index (κ2) is 6.89. The Morgan fingerprint density at radius 2 is 1.75 bits per heavy atom. The molecule has 20 heavy (non-hydrogen) atoms. The second-order valence-electron chi connectivity index (χ2n) is 3.55. The zero-order chi connectivity index (χ0) is 15.0. The first-order chi connectivity index (χ1) is 9.53. The summed E-state index contributed by atoms with van der Waals surface area (Å²) < 4.78 is 23.6. The van der Waals surface area contributed by atoms with Crippen LogP contribution in [0.4, 0.5) is 5.69 Å². The summed E-state index contributed by atoms with van der Waals surface area (Å²) in [6, 6.07) is 10.6. The summed E-state index contributed by atoms with van der Waals surface area (Å²) >= 11 is 0. The third kappa shape index (κ3) is 4.09. The van der Waals surface area contributed by atoms with Crippen molar-refractivity contribution in [2.75, 3.05) is 11.2 Å². The smallest absolute Gasteiger partial charge is 0.237 e. The first kappa shape index (κ1) is 15.2. The van der Waals surface area contributed by atoms with Gasteiger partial charge in [-0.1, -0.05) is 0 Å². The predicted octanol–water partition coefficient (Wildman–Crippen LogP) is 1.19. The standard InChI is InChI=1S/C12H9N5O2S/c13-6-1-7-20(18,19)12-4-2-10(3-5-12)16-17-11(8-14)9-15/h2-5,16H,1,7H2. The minimum Gasteiger partial charge on any atom is -0.277 e. The zero-order valence-corrected chi connectivity index (χ0v) is 11.1. The lowest BCUT2D eigenvalue weighted by molar-refractivity contribution is 0.596. The Morgan fingerprint density at radius 1 is 1.15 bits per heavy atom. The van der Waals surface area contributed by atoms with Crippen molar-refractivity contribution >= 4 is 21.2 Å². The monoisotopic (exact) mass is 287 g/mol. The predicted molar refractivity (Wildman–Crippen MR) is 71.0 cm³/mol. The van der Waals surface area contributed by atoms with E-state index in [0.717, 1.165) is 0 Å². The van der Waals surface area contributed by atoms with Crippen molar-refractivity contribution in [1.82, 2.24) is 0 Å². The maximum absolute atomic E-state index is 11.8. The summed E-state index contributed by atoms with van der Waals surface area (Å²) in [6.07, 6.45) is -0.0691. The lowest BCUT2D eigenvalue weighted by Crippen LogP contribution is -2.06. The highest BCUT2D eigenvalue weighted by Crippen LogP contribution is 2.16. The van der Waals surface area contributed by atoms with Crippen LogP contribution in [0.15, 0.2) is 34.3 Å². The van der Waals surface area contributed by atoms with E-state index in [-0.39, 0.29) is 22.8 Å². The summed E-state index contributed by atoms with van der Waals surface area (Å²) in [7, 11) is -3.47. The van der Waals surface area contributed by atoms with Gasteiger partial charge in [0.25, 0.3) is 0 Å². The van der Waals surface area contributed by atoms with Crippen LogP contribution in [-0.2, 0) is 9.84 Å². The van der Waals surface area contributed by atoms with Crippen LogP contribution in [0, 0.1) is 34.0 Å². The molecule has 1 aromatic rings. The molecule has 1 rings (SSSR count). The van der Waals surface area contributed by atoms with E-state index in [0.29, 0.717) is 5.69 Å². The van der Waals surface area contributed by atoms with E-state index >= 15 is 0 Å². The van der Waals surface area contributed by atoms with Gasteiger partial charge in [-0.2, -0.15) is 20.9 Å². The minimum absolute atomic E-state index is 0.0691. The van der Waals surface area contributed by atoms with Crippen LogP contribution >= 0.6 is 0 Å². The van der Waals surface area contributed by atoms with Crippen molar-refractivity contribution in [3.63, 3.8) is 0 Å². The largest absolute Gasteiger partial charge is 0.277 e. The van der Waals surface area contributed by atoms with Crippen LogP contribution in [-0.4, -0.2) is 19.9 Å². The summed E-state index contributed by atoms with van der Waals surface area (Å²) in [5.74, 6) is -0.235. The molecule has 1 aromatic carbocycles. The SMILES string of the molecule is N#CCCS(=O)(=O)c1ccc(NN=C(C#N)C#N)cc1. The topological polar surface area (TPSA) is 130 Å². The van der Waals surface area contributed by atoms with Gasteiger partial charge in [0, 0.05) is 6.42 Å². The number of rotatable bonds is 5. The van der Waals surface area contributed by atoms with Gasteiger partial charge >= 0.3 is 0 Å². The van der Waals surface area contributed by atoms with Gasteiger partial charge in [0.15, 0.2) is 9.84 Å². The van der Waals surface area contributed by atoms with E-state index in [2.05, 4.69) is 10.5 Å². The minimum atomic E-state index is -3.47. The molecule has 0 atom stereocenters. The van der Waals surface area contributed by atoms with E-state index in [1.54, 1.807) is 18.2 Å². The fourth-order valence-electron chi connectivity index (χ4n) is 1.23. The molecule has 0 radical (unpaired) electrons. The molecule has 0 unspecified atom stereocenters.